The molecule has 1 aromatic carbocycles. The van der Waals surface area contributed by atoms with E-state index in [0.717, 1.165) is 36.3 Å². The molecule has 2 aliphatic heterocycles. The Morgan fingerprint density at radius 1 is 1.16 bits per heavy atom. The minimum Gasteiger partial charge on any atom is -0.486 e. The number of carboxylic acids is 1. The van der Waals surface area contributed by atoms with Gasteiger partial charge in [-0.3, -0.25) is 9.59 Å². The number of rotatable bonds is 4. The Morgan fingerprint density at radius 3 is 2.60 bits per heavy atom. The first-order chi connectivity index (χ1) is 12.1. The molecule has 6 heteroatoms. The Hall–Kier alpha value is -2.24. The van der Waals surface area contributed by atoms with Crippen molar-refractivity contribution in [3.8, 4) is 11.5 Å². The maximum absolute atomic E-state index is 12.8. The molecular weight excluding hydrogens is 322 g/mol. The highest BCUT2D eigenvalue weighted by molar-refractivity contribution is 5.86. The number of fused-ring (bicyclic) bond motifs is 1. The normalized spacial score (nSPS) is 23.8. The van der Waals surface area contributed by atoms with E-state index < -0.39 is 11.4 Å². The van der Waals surface area contributed by atoms with Crippen LogP contribution in [0.15, 0.2) is 18.2 Å². The summed E-state index contributed by atoms with van der Waals surface area (Å²) < 4.78 is 11.2. The predicted octanol–water partition coefficient (Wildman–Crippen LogP) is 2.77. The molecule has 4 rings (SSSR count). The summed E-state index contributed by atoms with van der Waals surface area (Å²) in [5.74, 6) is 0.593. The van der Waals surface area contributed by atoms with Crippen molar-refractivity contribution >= 4 is 11.9 Å². The van der Waals surface area contributed by atoms with E-state index in [1.807, 2.05) is 23.1 Å². The number of carbonyl (C=O) groups is 2. The predicted molar refractivity (Wildman–Crippen MR) is 89.7 cm³/mol. The van der Waals surface area contributed by atoms with Gasteiger partial charge in [-0.05, 0) is 43.4 Å². The lowest BCUT2D eigenvalue weighted by Gasteiger charge is -2.38. The average Bonchev–Trinajstić information content (AvgIpc) is 3.07. The third-order valence-electron chi connectivity index (χ3n) is 5.78. The van der Waals surface area contributed by atoms with Crippen molar-refractivity contribution in [1.29, 1.82) is 0 Å². The van der Waals surface area contributed by atoms with Crippen LogP contribution in [0.25, 0.3) is 0 Å². The maximum Gasteiger partial charge on any atom is 0.310 e. The van der Waals surface area contributed by atoms with E-state index in [9.17, 15) is 14.7 Å². The highest BCUT2D eigenvalue weighted by atomic mass is 16.6. The number of aliphatic carboxylic acids is 1. The third-order valence-corrected chi connectivity index (χ3v) is 5.78. The van der Waals surface area contributed by atoms with Gasteiger partial charge in [0.2, 0.25) is 5.91 Å². The van der Waals surface area contributed by atoms with Crippen LogP contribution in [0.2, 0.25) is 0 Å². The van der Waals surface area contributed by atoms with Gasteiger partial charge in [-0.1, -0.05) is 12.5 Å². The second-order valence-corrected chi connectivity index (χ2v) is 7.26. The molecule has 2 fully saturated rings. The van der Waals surface area contributed by atoms with Gasteiger partial charge in [0.25, 0.3) is 0 Å². The molecular formula is C19H23NO5. The zero-order valence-electron chi connectivity index (χ0n) is 14.2. The van der Waals surface area contributed by atoms with Gasteiger partial charge in [0.15, 0.2) is 11.5 Å². The average molecular weight is 345 g/mol. The van der Waals surface area contributed by atoms with Gasteiger partial charge in [0, 0.05) is 13.0 Å². The molecule has 134 valence electrons. The Kier molecular flexibility index (Phi) is 4.06. The third kappa shape index (κ3) is 2.83. The van der Waals surface area contributed by atoms with Crippen LogP contribution < -0.4 is 9.47 Å². The molecule has 6 nitrogen and oxygen atoms in total. The first-order valence-corrected chi connectivity index (χ1v) is 9.01. The van der Waals surface area contributed by atoms with Crippen molar-refractivity contribution in [3.05, 3.63) is 23.8 Å². The quantitative estimate of drug-likeness (QED) is 0.908. The zero-order chi connectivity index (χ0) is 17.4. The lowest BCUT2D eigenvalue weighted by atomic mass is 9.66. The first-order valence-electron chi connectivity index (χ1n) is 9.01. The minimum absolute atomic E-state index is 0.00533. The van der Waals surface area contributed by atoms with E-state index >= 15 is 0 Å². The number of likely N-dealkylation sites (tertiary alicyclic amines) is 1. The standard InChI is InChI=1S/C19H23NO5/c21-17(12-19(18(22)23)6-2-7-19)20-8-1-3-14(20)13-4-5-15-16(11-13)25-10-9-24-15/h4-5,11,14H,1-3,6-10,12H2,(H,22,23). The Bertz CT molecular complexity index is 697. The number of nitrogens with zero attached hydrogens (tertiary/aromatic N) is 1. The molecule has 1 aromatic rings. The molecule has 1 N–H and O–H groups in total. The molecule has 1 unspecified atom stereocenters. The van der Waals surface area contributed by atoms with Crippen molar-refractivity contribution < 1.29 is 24.2 Å². The molecule has 0 spiro atoms. The fourth-order valence-corrected chi connectivity index (χ4v) is 4.14. The minimum atomic E-state index is -0.836. The number of carbonyl (C=O) groups excluding carboxylic acids is 1. The van der Waals surface area contributed by atoms with E-state index in [2.05, 4.69) is 0 Å². The molecule has 1 saturated carbocycles. The summed E-state index contributed by atoms with van der Waals surface area (Å²) in [5, 5.41) is 9.49. The highest BCUT2D eigenvalue weighted by Crippen LogP contribution is 2.46. The molecule has 1 amide bonds. The van der Waals surface area contributed by atoms with E-state index in [4.69, 9.17) is 9.47 Å². The molecule has 0 aromatic heterocycles. The molecule has 2 heterocycles. The molecule has 25 heavy (non-hydrogen) atoms. The van der Waals surface area contributed by atoms with Gasteiger partial charge in [-0.15, -0.1) is 0 Å². The second kappa shape index (κ2) is 6.24. The molecule has 1 atom stereocenters. The number of carboxylic acid groups (broad SMARTS) is 1. The Morgan fingerprint density at radius 2 is 1.92 bits per heavy atom. The topological polar surface area (TPSA) is 76.1 Å². The smallest absolute Gasteiger partial charge is 0.310 e. The first kappa shape index (κ1) is 16.2. The van der Waals surface area contributed by atoms with Crippen LogP contribution in [0.5, 0.6) is 11.5 Å². The van der Waals surface area contributed by atoms with Crippen LogP contribution in [0.4, 0.5) is 0 Å². The molecule has 1 saturated heterocycles. The summed E-state index contributed by atoms with van der Waals surface area (Å²) in [5.41, 5.74) is 0.199. The second-order valence-electron chi connectivity index (χ2n) is 7.26. The summed E-state index contributed by atoms with van der Waals surface area (Å²) in [6.45, 7) is 1.77. The van der Waals surface area contributed by atoms with Gasteiger partial charge < -0.3 is 19.5 Å². The molecule has 3 aliphatic rings. The van der Waals surface area contributed by atoms with Gasteiger partial charge in [-0.25, -0.2) is 0 Å². The van der Waals surface area contributed by atoms with Crippen LogP contribution in [-0.2, 0) is 9.59 Å². The van der Waals surface area contributed by atoms with Crippen LogP contribution in [-0.4, -0.2) is 41.6 Å². The van der Waals surface area contributed by atoms with E-state index in [0.29, 0.717) is 32.6 Å². The summed E-state index contributed by atoms with van der Waals surface area (Å²) in [6, 6.07) is 5.84. The Labute approximate surface area is 146 Å². The van der Waals surface area contributed by atoms with Crippen LogP contribution >= 0.6 is 0 Å². The fourth-order valence-electron chi connectivity index (χ4n) is 4.14. The van der Waals surface area contributed by atoms with Gasteiger partial charge >= 0.3 is 5.97 Å². The molecule has 0 bridgehead atoms. The lowest BCUT2D eigenvalue weighted by Crippen LogP contribution is -2.43. The van der Waals surface area contributed by atoms with Crippen molar-refractivity contribution in [2.24, 2.45) is 5.41 Å². The lowest BCUT2D eigenvalue weighted by molar-refractivity contribution is -0.159. The van der Waals surface area contributed by atoms with E-state index in [1.165, 1.54) is 0 Å². The highest BCUT2D eigenvalue weighted by Gasteiger charge is 2.47. The Balaban J connectivity index is 1.52. The van der Waals surface area contributed by atoms with Gasteiger partial charge in [-0.2, -0.15) is 0 Å². The summed E-state index contributed by atoms with van der Waals surface area (Å²) in [6.07, 6.45) is 4.05. The van der Waals surface area contributed by atoms with Gasteiger partial charge in [0.05, 0.1) is 11.5 Å². The number of amides is 1. The van der Waals surface area contributed by atoms with Crippen LogP contribution in [0.1, 0.15) is 50.1 Å². The monoisotopic (exact) mass is 345 g/mol. The van der Waals surface area contributed by atoms with E-state index in [-0.39, 0.29) is 18.4 Å². The van der Waals surface area contributed by atoms with Crippen LogP contribution in [0.3, 0.4) is 0 Å². The fraction of sp³-hybridized carbons (Fsp3) is 0.579. The molecule has 1 aliphatic carbocycles. The van der Waals surface area contributed by atoms with Crippen molar-refractivity contribution in [3.63, 3.8) is 0 Å². The zero-order valence-corrected chi connectivity index (χ0v) is 14.2. The molecule has 0 radical (unpaired) electrons. The van der Waals surface area contributed by atoms with Crippen molar-refractivity contribution in [2.45, 2.75) is 44.6 Å². The maximum atomic E-state index is 12.8. The van der Waals surface area contributed by atoms with Crippen molar-refractivity contribution in [1.82, 2.24) is 4.90 Å². The number of hydrogen-bond acceptors (Lipinski definition) is 4. The SMILES string of the molecule is O=C(CC1(C(=O)O)CCC1)N1CCCC1c1ccc2c(c1)OCCO2. The number of benzene rings is 1. The van der Waals surface area contributed by atoms with Crippen LogP contribution in [0, 0.1) is 5.41 Å². The largest absolute Gasteiger partial charge is 0.486 e. The summed E-state index contributed by atoms with van der Waals surface area (Å²) in [4.78, 5) is 26.3. The van der Waals surface area contributed by atoms with E-state index in [1.54, 1.807) is 0 Å². The van der Waals surface area contributed by atoms with Crippen molar-refractivity contribution in [2.75, 3.05) is 19.8 Å². The summed E-state index contributed by atoms with van der Waals surface area (Å²) in [7, 11) is 0. The van der Waals surface area contributed by atoms with Gasteiger partial charge in [0.1, 0.15) is 13.2 Å². The number of ether oxygens (including phenoxy) is 2. The number of hydrogen-bond donors (Lipinski definition) is 1. The summed E-state index contributed by atoms with van der Waals surface area (Å²) >= 11 is 0.